The molecule has 2 aliphatic heterocycles. The summed E-state index contributed by atoms with van der Waals surface area (Å²) in [4.78, 5) is 34.3. The number of carbonyl (C=O) groups is 1. The molecule has 27 heavy (non-hydrogen) atoms. The van der Waals surface area contributed by atoms with Crippen LogP contribution in [0, 0.1) is 0 Å². The van der Waals surface area contributed by atoms with Crippen molar-refractivity contribution < 1.29 is 14.6 Å². The molecule has 0 aliphatic carbocycles. The van der Waals surface area contributed by atoms with Crippen molar-refractivity contribution in [2.24, 2.45) is 0 Å². The fourth-order valence-electron chi connectivity index (χ4n) is 4.08. The zero-order valence-electron chi connectivity index (χ0n) is 14.7. The fourth-order valence-corrected chi connectivity index (χ4v) is 4.08. The van der Waals surface area contributed by atoms with Gasteiger partial charge < -0.3 is 14.4 Å². The van der Waals surface area contributed by atoms with Gasteiger partial charge in [0.25, 0.3) is 5.56 Å². The van der Waals surface area contributed by atoms with Crippen LogP contribution < -0.4 is 5.56 Å². The van der Waals surface area contributed by atoms with Crippen molar-refractivity contribution in [2.75, 3.05) is 0 Å². The van der Waals surface area contributed by atoms with Crippen LogP contribution in [0.15, 0.2) is 35.3 Å². The van der Waals surface area contributed by atoms with E-state index in [1.54, 1.807) is 16.8 Å². The second-order valence-electron chi connectivity index (χ2n) is 7.05. The predicted octanol–water partition coefficient (Wildman–Crippen LogP) is 1.86. The molecule has 0 radical (unpaired) electrons. The number of hydrogen-bond donors (Lipinski definition) is 1. The summed E-state index contributed by atoms with van der Waals surface area (Å²) < 4.78 is 6.75. The van der Waals surface area contributed by atoms with E-state index in [9.17, 15) is 14.7 Å². The van der Waals surface area contributed by atoms with Crippen LogP contribution in [0.4, 0.5) is 0 Å². The molecule has 5 rings (SSSR count). The largest absolute Gasteiger partial charge is 0.458 e. The van der Waals surface area contributed by atoms with Crippen molar-refractivity contribution in [3.63, 3.8) is 0 Å². The zero-order chi connectivity index (χ0) is 18.8. The minimum absolute atomic E-state index is 0.118. The molecule has 7 heteroatoms. The van der Waals surface area contributed by atoms with Gasteiger partial charge >= 0.3 is 5.97 Å². The van der Waals surface area contributed by atoms with Crippen LogP contribution in [0.1, 0.15) is 36.5 Å². The van der Waals surface area contributed by atoms with Crippen LogP contribution in [-0.4, -0.2) is 25.6 Å². The number of esters is 1. The van der Waals surface area contributed by atoms with Crippen molar-refractivity contribution in [3.05, 3.63) is 57.5 Å². The third kappa shape index (κ3) is 2.12. The smallest absolute Gasteiger partial charge is 0.343 e. The molecule has 136 valence electrons. The number of nitrogens with zero attached hydrogens (tertiary/aromatic N) is 3. The first kappa shape index (κ1) is 16.1. The molecule has 0 spiro atoms. The number of aromatic nitrogens is 3. The highest BCUT2D eigenvalue weighted by Crippen LogP contribution is 2.38. The van der Waals surface area contributed by atoms with Crippen LogP contribution in [0.2, 0.25) is 0 Å². The van der Waals surface area contributed by atoms with E-state index in [2.05, 4.69) is 9.97 Å². The Balaban J connectivity index is 1.79. The Morgan fingerprint density at radius 3 is 3.00 bits per heavy atom. The van der Waals surface area contributed by atoms with Crippen LogP contribution in [0.3, 0.4) is 0 Å². The molecule has 1 N–H and O–H groups in total. The summed E-state index contributed by atoms with van der Waals surface area (Å²) in [6.07, 6.45) is 2.45. The maximum Gasteiger partial charge on any atom is 0.343 e. The molecule has 3 aromatic heterocycles. The van der Waals surface area contributed by atoms with Crippen molar-refractivity contribution >= 4 is 17.0 Å². The normalized spacial score (nSPS) is 20.1. The highest BCUT2D eigenvalue weighted by Gasteiger charge is 2.46. The van der Waals surface area contributed by atoms with Gasteiger partial charge in [-0.2, -0.15) is 0 Å². The Hall–Kier alpha value is -3.06. The molecule has 0 amide bonds. The number of rotatable bonds is 2. The minimum atomic E-state index is -1.80. The molecule has 3 aromatic rings. The van der Waals surface area contributed by atoms with Gasteiger partial charge in [0.2, 0.25) is 0 Å². The third-order valence-corrected chi connectivity index (χ3v) is 5.38. The second-order valence-corrected chi connectivity index (χ2v) is 7.05. The zero-order valence-corrected chi connectivity index (χ0v) is 14.7. The number of aliphatic hydroxyl groups is 1. The summed E-state index contributed by atoms with van der Waals surface area (Å²) in [5, 5.41) is 11.9. The number of cyclic esters (lactones) is 1. The van der Waals surface area contributed by atoms with E-state index in [0.717, 1.165) is 10.9 Å². The molecule has 1 unspecified atom stereocenters. The van der Waals surface area contributed by atoms with Gasteiger partial charge in [0.15, 0.2) is 11.2 Å². The maximum absolute atomic E-state index is 13.1. The van der Waals surface area contributed by atoms with Gasteiger partial charge in [-0.1, -0.05) is 13.3 Å². The molecule has 0 fully saturated rings. The van der Waals surface area contributed by atoms with E-state index in [4.69, 9.17) is 4.74 Å². The van der Waals surface area contributed by atoms with Crippen LogP contribution in [0.5, 0.6) is 0 Å². The van der Waals surface area contributed by atoms with E-state index in [1.165, 1.54) is 0 Å². The summed E-state index contributed by atoms with van der Waals surface area (Å²) in [5.74, 6) is -0.701. The van der Waals surface area contributed by atoms with E-state index < -0.39 is 11.6 Å². The molecule has 7 nitrogen and oxygen atoms in total. The number of fused-ring (bicyclic) bond motifs is 5. The molecule has 0 bridgehead atoms. The molecule has 0 aromatic carbocycles. The second kappa shape index (κ2) is 5.47. The first-order valence-electron chi connectivity index (χ1n) is 8.94. The summed E-state index contributed by atoms with van der Waals surface area (Å²) in [5.41, 5.74) is 1.41. The lowest BCUT2D eigenvalue weighted by Gasteiger charge is -2.32. The number of carbonyl (C=O) groups excluding carboxylic acids is 1. The van der Waals surface area contributed by atoms with Crippen LogP contribution in [-0.2, 0) is 28.3 Å². The van der Waals surface area contributed by atoms with Gasteiger partial charge in [-0.3, -0.25) is 4.79 Å². The monoisotopic (exact) mass is 363 g/mol. The van der Waals surface area contributed by atoms with Crippen molar-refractivity contribution in [3.8, 4) is 11.4 Å². The molecule has 0 saturated heterocycles. The number of pyridine rings is 3. The van der Waals surface area contributed by atoms with Gasteiger partial charge in [0.05, 0.1) is 23.5 Å². The Kier molecular flexibility index (Phi) is 3.27. The first-order valence-corrected chi connectivity index (χ1v) is 8.94. The topological polar surface area (TPSA) is 94.3 Å². The average Bonchev–Trinajstić information content (AvgIpc) is 3.02. The summed E-state index contributed by atoms with van der Waals surface area (Å²) in [7, 11) is 0. The summed E-state index contributed by atoms with van der Waals surface area (Å²) in [6.45, 7) is 2.15. The molecular weight excluding hydrogens is 346 g/mol. The lowest BCUT2D eigenvalue weighted by Crippen LogP contribution is -2.44. The van der Waals surface area contributed by atoms with E-state index in [-0.39, 0.29) is 18.6 Å². The number of ether oxygens (including phenoxy) is 1. The van der Waals surface area contributed by atoms with Crippen LogP contribution in [0.25, 0.3) is 22.4 Å². The molecular formula is C20H17N3O4. The Morgan fingerprint density at radius 1 is 1.33 bits per heavy atom. The fraction of sp³-hybridized carbons (Fsp3) is 0.300. The molecule has 0 saturated carbocycles. The van der Waals surface area contributed by atoms with Gasteiger partial charge in [0, 0.05) is 22.7 Å². The average molecular weight is 363 g/mol. The molecule has 2 aliphatic rings. The van der Waals surface area contributed by atoms with Gasteiger partial charge in [0.1, 0.15) is 6.61 Å². The molecule has 1 atom stereocenters. The van der Waals surface area contributed by atoms with Gasteiger partial charge in [-0.15, -0.1) is 0 Å². The highest BCUT2D eigenvalue weighted by atomic mass is 16.6. The summed E-state index contributed by atoms with van der Waals surface area (Å²) >= 11 is 0. The van der Waals surface area contributed by atoms with E-state index in [1.807, 2.05) is 25.1 Å². The van der Waals surface area contributed by atoms with Gasteiger partial charge in [-0.05, 0) is 30.7 Å². The SMILES string of the molecule is CCCC1(O)C(=O)OCc2c1cc1n(c2=O)Cc2cc3cccnc3nc2-1. The Morgan fingerprint density at radius 2 is 2.19 bits per heavy atom. The summed E-state index contributed by atoms with van der Waals surface area (Å²) in [6, 6.07) is 7.48. The molecule has 5 heterocycles. The standard InChI is InChI=1S/C20H17N3O4/c1-2-5-20(26)14-8-15-16-12(7-11-4-3-6-21-17(11)22-16)9-23(15)18(24)13(14)10-27-19(20)25/h3-4,6-8,26H,2,5,9-10H2,1H3. The van der Waals surface area contributed by atoms with Gasteiger partial charge in [-0.25, -0.2) is 14.8 Å². The number of hydrogen-bond acceptors (Lipinski definition) is 6. The van der Waals surface area contributed by atoms with Crippen LogP contribution >= 0.6 is 0 Å². The lowest BCUT2D eigenvalue weighted by atomic mass is 9.84. The highest BCUT2D eigenvalue weighted by molar-refractivity contribution is 5.85. The first-order chi connectivity index (χ1) is 13.0. The predicted molar refractivity (Wildman–Crippen MR) is 96.9 cm³/mol. The quantitative estimate of drug-likeness (QED) is 0.547. The minimum Gasteiger partial charge on any atom is -0.458 e. The third-order valence-electron chi connectivity index (χ3n) is 5.38. The van der Waals surface area contributed by atoms with E-state index in [0.29, 0.717) is 41.1 Å². The van der Waals surface area contributed by atoms with Crippen molar-refractivity contribution in [1.82, 2.24) is 14.5 Å². The Bertz CT molecular complexity index is 1180. The van der Waals surface area contributed by atoms with Crippen molar-refractivity contribution in [2.45, 2.75) is 38.5 Å². The van der Waals surface area contributed by atoms with Crippen molar-refractivity contribution in [1.29, 1.82) is 0 Å². The maximum atomic E-state index is 13.1. The lowest BCUT2D eigenvalue weighted by molar-refractivity contribution is -0.172. The van der Waals surface area contributed by atoms with E-state index >= 15 is 0 Å². The Labute approximate surface area is 154 Å².